The van der Waals surface area contributed by atoms with Crippen molar-refractivity contribution < 1.29 is 13.2 Å². The molecule has 0 atom stereocenters. The van der Waals surface area contributed by atoms with E-state index in [4.69, 9.17) is 5.53 Å². The van der Waals surface area contributed by atoms with Gasteiger partial charge in [-0.05, 0) is 5.53 Å². The number of aromatic nitrogens is 2. The highest BCUT2D eigenvalue weighted by Gasteiger charge is 2.36. The lowest BCUT2D eigenvalue weighted by Gasteiger charge is -2.03. The van der Waals surface area contributed by atoms with E-state index < -0.39 is 11.9 Å². The normalized spacial score (nSPS) is 11.1. The van der Waals surface area contributed by atoms with Gasteiger partial charge < -0.3 is 0 Å². The second-order valence-electron chi connectivity index (χ2n) is 2.56. The van der Waals surface area contributed by atoms with Gasteiger partial charge in [-0.1, -0.05) is 5.11 Å². The van der Waals surface area contributed by atoms with E-state index in [0.717, 1.165) is 4.68 Å². The minimum absolute atomic E-state index is 0.127. The number of rotatable bonds is 2. The summed E-state index contributed by atoms with van der Waals surface area (Å²) in [6.45, 7) is -0.348. The van der Waals surface area contributed by atoms with E-state index in [1.54, 1.807) is 0 Å². The SMILES string of the molecule is Cn1cc(CN=[N+]=[N-])c(C(F)(F)F)n1. The summed E-state index contributed by atoms with van der Waals surface area (Å²) in [7, 11) is 1.37. The van der Waals surface area contributed by atoms with Crippen molar-refractivity contribution in [2.24, 2.45) is 12.2 Å². The molecular formula is C6H6F3N5. The molecule has 76 valence electrons. The number of hydrogen-bond donors (Lipinski definition) is 0. The van der Waals surface area contributed by atoms with Crippen LogP contribution in [0.5, 0.6) is 0 Å². The lowest BCUT2D eigenvalue weighted by molar-refractivity contribution is -0.142. The molecule has 1 heterocycles. The van der Waals surface area contributed by atoms with Crippen molar-refractivity contribution in [1.29, 1.82) is 0 Å². The summed E-state index contributed by atoms with van der Waals surface area (Å²) in [5, 5.41) is 6.30. The quantitative estimate of drug-likeness (QED) is 0.414. The second kappa shape index (κ2) is 3.59. The van der Waals surface area contributed by atoms with Gasteiger partial charge in [0.1, 0.15) is 0 Å². The molecule has 0 N–H and O–H groups in total. The molecule has 1 aromatic rings. The highest BCUT2D eigenvalue weighted by atomic mass is 19.4. The van der Waals surface area contributed by atoms with Crippen LogP contribution in [0, 0.1) is 0 Å². The van der Waals surface area contributed by atoms with E-state index in [1.807, 2.05) is 0 Å². The smallest absolute Gasteiger partial charge is 0.275 e. The molecule has 0 aliphatic heterocycles. The van der Waals surface area contributed by atoms with Crippen molar-refractivity contribution >= 4 is 0 Å². The first kappa shape index (κ1) is 10.4. The number of alkyl halides is 3. The Morgan fingerprint density at radius 2 is 2.29 bits per heavy atom. The highest BCUT2D eigenvalue weighted by Crippen LogP contribution is 2.30. The van der Waals surface area contributed by atoms with Crippen LogP contribution in [0.15, 0.2) is 11.3 Å². The molecule has 0 unspecified atom stereocenters. The van der Waals surface area contributed by atoms with Crippen molar-refractivity contribution in [1.82, 2.24) is 9.78 Å². The van der Waals surface area contributed by atoms with Gasteiger partial charge in [0, 0.05) is 23.7 Å². The lowest BCUT2D eigenvalue weighted by Crippen LogP contribution is -2.09. The fourth-order valence-corrected chi connectivity index (χ4v) is 1.000. The van der Waals surface area contributed by atoms with Gasteiger partial charge in [0.25, 0.3) is 0 Å². The zero-order valence-corrected chi connectivity index (χ0v) is 7.15. The Kier molecular flexibility index (Phi) is 2.66. The predicted octanol–water partition coefficient (Wildman–Crippen LogP) is 2.25. The maximum absolute atomic E-state index is 12.3. The summed E-state index contributed by atoms with van der Waals surface area (Å²) in [5.41, 5.74) is 6.84. The maximum atomic E-state index is 12.3. The third-order valence-corrected chi connectivity index (χ3v) is 1.48. The molecule has 0 saturated heterocycles. The van der Waals surface area contributed by atoms with Gasteiger partial charge >= 0.3 is 6.18 Å². The molecule has 0 aromatic carbocycles. The van der Waals surface area contributed by atoms with Gasteiger partial charge in [-0.2, -0.15) is 18.3 Å². The summed E-state index contributed by atoms with van der Waals surface area (Å²) >= 11 is 0. The zero-order valence-electron chi connectivity index (χ0n) is 7.15. The average Bonchev–Trinajstić information content (AvgIpc) is 2.42. The molecule has 0 amide bonds. The van der Waals surface area contributed by atoms with Gasteiger partial charge in [0.05, 0.1) is 6.54 Å². The van der Waals surface area contributed by atoms with Crippen LogP contribution >= 0.6 is 0 Å². The summed E-state index contributed by atoms with van der Waals surface area (Å²) in [6, 6.07) is 0. The molecule has 5 nitrogen and oxygen atoms in total. The third kappa shape index (κ3) is 2.17. The van der Waals surface area contributed by atoms with Crippen molar-refractivity contribution in [2.75, 3.05) is 0 Å². The van der Waals surface area contributed by atoms with Crippen LogP contribution < -0.4 is 0 Å². The molecule has 0 spiro atoms. The van der Waals surface area contributed by atoms with E-state index in [2.05, 4.69) is 15.1 Å². The zero-order chi connectivity index (χ0) is 10.8. The summed E-state index contributed by atoms with van der Waals surface area (Å²) in [6.07, 6.45) is -3.33. The minimum Gasteiger partial charge on any atom is -0.275 e. The topological polar surface area (TPSA) is 66.6 Å². The molecule has 0 aliphatic rings. The maximum Gasteiger partial charge on any atom is 0.435 e. The first-order valence-corrected chi connectivity index (χ1v) is 3.55. The van der Waals surface area contributed by atoms with Crippen LogP contribution in [-0.2, 0) is 19.8 Å². The van der Waals surface area contributed by atoms with Gasteiger partial charge in [-0.3, -0.25) is 4.68 Å². The van der Waals surface area contributed by atoms with E-state index in [1.165, 1.54) is 13.2 Å². The first-order valence-electron chi connectivity index (χ1n) is 3.55. The van der Waals surface area contributed by atoms with Crippen molar-refractivity contribution in [3.8, 4) is 0 Å². The Morgan fingerprint density at radius 1 is 1.64 bits per heavy atom. The van der Waals surface area contributed by atoms with Crippen molar-refractivity contribution in [3.05, 3.63) is 27.9 Å². The van der Waals surface area contributed by atoms with Crippen LogP contribution in [-0.4, -0.2) is 9.78 Å². The Labute approximate surface area is 76.8 Å². The molecule has 0 fully saturated rings. The van der Waals surface area contributed by atoms with E-state index in [-0.39, 0.29) is 12.1 Å². The van der Waals surface area contributed by atoms with E-state index in [9.17, 15) is 13.2 Å². The summed E-state index contributed by atoms with van der Waals surface area (Å²) < 4.78 is 37.9. The van der Waals surface area contributed by atoms with Crippen LogP contribution in [0.25, 0.3) is 10.4 Å². The standard InChI is InChI=1S/C6H6F3N5/c1-14-3-4(2-11-13-10)5(12-14)6(7,8)9/h3H,2H2,1H3. The molecule has 1 aromatic heterocycles. The number of azide groups is 1. The molecule has 8 heteroatoms. The molecule has 14 heavy (non-hydrogen) atoms. The van der Waals surface area contributed by atoms with E-state index in [0.29, 0.717) is 0 Å². The Morgan fingerprint density at radius 3 is 2.79 bits per heavy atom. The molecule has 0 aliphatic carbocycles. The fourth-order valence-electron chi connectivity index (χ4n) is 1.000. The molecule has 0 saturated carbocycles. The number of hydrogen-bond acceptors (Lipinski definition) is 2. The van der Waals surface area contributed by atoms with Crippen LogP contribution in [0.3, 0.4) is 0 Å². The largest absolute Gasteiger partial charge is 0.435 e. The Hall–Kier alpha value is -1.69. The minimum atomic E-state index is -4.51. The molecule has 1 rings (SSSR count). The van der Waals surface area contributed by atoms with Gasteiger partial charge in [0.2, 0.25) is 0 Å². The third-order valence-electron chi connectivity index (χ3n) is 1.48. The fraction of sp³-hybridized carbons (Fsp3) is 0.500. The summed E-state index contributed by atoms with van der Waals surface area (Å²) in [4.78, 5) is 2.38. The number of halogens is 3. The van der Waals surface area contributed by atoms with Crippen LogP contribution in [0.2, 0.25) is 0 Å². The van der Waals surface area contributed by atoms with Crippen LogP contribution in [0.1, 0.15) is 11.3 Å². The van der Waals surface area contributed by atoms with Gasteiger partial charge in [-0.15, -0.1) is 0 Å². The monoisotopic (exact) mass is 205 g/mol. The summed E-state index contributed by atoms with van der Waals surface area (Å²) in [5.74, 6) is 0. The van der Waals surface area contributed by atoms with Gasteiger partial charge in [-0.25, -0.2) is 0 Å². The predicted molar refractivity (Wildman–Crippen MR) is 41.1 cm³/mol. The van der Waals surface area contributed by atoms with Gasteiger partial charge in [0.15, 0.2) is 5.69 Å². The Bertz CT molecular complexity index is 373. The molecule has 0 radical (unpaired) electrons. The van der Waals surface area contributed by atoms with Crippen molar-refractivity contribution in [3.63, 3.8) is 0 Å². The van der Waals surface area contributed by atoms with Crippen molar-refractivity contribution in [2.45, 2.75) is 12.7 Å². The molecule has 0 bridgehead atoms. The Balaban J connectivity index is 3.09. The van der Waals surface area contributed by atoms with Crippen LogP contribution in [0.4, 0.5) is 13.2 Å². The highest BCUT2D eigenvalue weighted by molar-refractivity contribution is 5.19. The first-order chi connectivity index (χ1) is 6.45. The molecular weight excluding hydrogens is 199 g/mol. The number of aryl methyl sites for hydroxylation is 1. The number of nitrogens with zero attached hydrogens (tertiary/aromatic N) is 5. The van der Waals surface area contributed by atoms with E-state index >= 15 is 0 Å². The lowest BCUT2D eigenvalue weighted by atomic mass is 10.2. The second-order valence-corrected chi connectivity index (χ2v) is 2.56. The average molecular weight is 205 g/mol.